The van der Waals surface area contributed by atoms with E-state index < -0.39 is 18.2 Å². The van der Waals surface area contributed by atoms with Gasteiger partial charge < -0.3 is 4.74 Å². The number of esters is 1. The minimum absolute atomic E-state index is 0.0141. The van der Waals surface area contributed by atoms with Gasteiger partial charge in [0.1, 0.15) is 5.69 Å². The highest BCUT2D eigenvalue weighted by Gasteiger charge is 2.35. The molecule has 0 radical (unpaired) electrons. The van der Waals surface area contributed by atoms with Gasteiger partial charge in [-0.1, -0.05) is 20.8 Å². The van der Waals surface area contributed by atoms with Gasteiger partial charge in [-0.25, -0.2) is 4.79 Å². The lowest BCUT2D eigenvalue weighted by molar-refractivity contribution is -0.292. The number of pyridine rings is 1. The van der Waals surface area contributed by atoms with Crippen molar-refractivity contribution < 1.29 is 22.7 Å². The molecule has 0 aromatic carbocycles. The van der Waals surface area contributed by atoms with E-state index in [1.54, 1.807) is 12.3 Å². The molecule has 0 aliphatic heterocycles. The van der Waals surface area contributed by atoms with Crippen LogP contribution in [0, 0.1) is 0 Å². The van der Waals surface area contributed by atoms with Gasteiger partial charge in [0.25, 0.3) is 0 Å². The average molecular weight is 314 g/mol. The summed E-state index contributed by atoms with van der Waals surface area (Å²) in [6.07, 6.45) is -3.53. The van der Waals surface area contributed by atoms with Gasteiger partial charge in [0, 0.05) is 6.20 Å². The Labute approximate surface area is 123 Å². The first-order valence-corrected chi connectivity index (χ1v) is 6.25. The second-order valence-corrected chi connectivity index (χ2v) is 5.52. The fourth-order valence-electron chi connectivity index (χ4n) is 1.64. The van der Waals surface area contributed by atoms with Gasteiger partial charge >= 0.3 is 12.3 Å². The third-order valence-electron chi connectivity index (χ3n) is 2.74. The standard InChI is InChI=1S/C13H13F3N4O2/c1-12(2,3)7-4-5-17-8(6-7)9-18-10(20-19-9)11(21)22-13(14,15)16/h4-6H,1-3H3,(H,18,19,20). The van der Waals surface area contributed by atoms with Gasteiger partial charge in [-0.15, -0.1) is 13.2 Å². The summed E-state index contributed by atoms with van der Waals surface area (Å²) in [4.78, 5) is 19.0. The minimum Gasteiger partial charge on any atom is -0.367 e. The molecule has 0 aliphatic carbocycles. The van der Waals surface area contributed by atoms with Crippen molar-refractivity contribution in [2.24, 2.45) is 0 Å². The van der Waals surface area contributed by atoms with Crippen molar-refractivity contribution in [3.8, 4) is 11.5 Å². The SMILES string of the molecule is CC(C)(C)c1ccnc(-c2n[nH]c(C(=O)OC(F)(F)F)n2)c1. The Morgan fingerprint density at radius 1 is 1.27 bits per heavy atom. The molecule has 0 saturated heterocycles. The van der Waals surface area contributed by atoms with Crippen molar-refractivity contribution in [3.05, 3.63) is 29.7 Å². The molecule has 0 amide bonds. The van der Waals surface area contributed by atoms with Crippen molar-refractivity contribution in [1.29, 1.82) is 0 Å². The Bertz CT molecular complexity index is 689. The Kier molecular flexibility index (Phi) is 3.90. The van der Waals surface area contributed by atoms with Crippen LogP contribution < -0.4 is 0 Å². The van der Waals surface area contributed by atoms with Crippen molar-refractivity contribution in [2.45, 2.75) is 32.5 Å². The van der Waals surface area contributed by atoms with Crippen LogP contribution in [-0.2, 0) is 10.2 Å². The minimum atomic E-state index is -5.07. The maximum absolute atomic E-state index is 12.0. The fourth-order valence-corrected chi connectivity index (χ4v) is 1.64. The summed E-state index contributed by atoms with van der Waals surface area (Å²) in [6.45, 7) is 5.99. The Morgan fingerprint density at radius 2 is 1.95 bits per heavy atom. The number of ether oxygens (including phenoxy) is 1. The molecule has 2 heterocycles. The second kappa shape index (κ2) is 5.39. The number of hydrogen-bond donors (Lipinski definition) is 1. The summed E-state index contributed by atoms with van der Waals surface area (Å²) in [7, 11) is 0. The van der Waals surface area contributed by atoms with Gasteiger partial charge in [-0.2, -0.15) is 10.1 Å². The number of halogens is 3. The van der Waals surface area contributed by atoms with E-state index in [2.05, 4.69) is 24.9 Å². The molecule has 1 N–H and O–H groups in total. The lowest BCUT2D eigenvalue weighted by Crippen LogP contribution is -2.20. The number of aromatic nitrogens is 4. The molecule has 0 unspecified atom stereocenters. The predicted molar refractivity (Wildman–Crippen MR) is 69.8 cm³/mol. The number of H-pyrrole nitrogens is 1. The molecule has 0 saturated carbocycles. The maximum Gasteiger partial charge on any atom is 0.575 e. The zero-order valence-electron chi connectivity index (χ0n) is 12.0. The number of alkyl halides is 3. The summed E-state index contributed by atoms with van der Waals surface area (Å²) in [5, 5.41) is 5.80. The summed E-state index contributed by atoms with van der Waals surface area (Å²) in [5.41, 5.74) is 1.14. The van der Waals surface area contributed by atoms with Gasteiger partial charge in [-0.3, -0.25) is 10.1 Å². The summed E-state index contributed by atoms with van der Waals surface area (Å²) in [6, 6.07) is 3.52. The number of hydrogen-bond acceptors (Lipinski definition) is 5. The number of nitrogens with one attached hydrogen (secondary N) is 1. The maximum atomic E-state index is 12.0. The summed E-state index contributed by atoms with van der Waals surface area (Å²) in [5.74, 6) is -2.28. The number of rotatable bonds is 2. The Balaban J connectivity index is 2.27. The number of aromatic amines is 1. The van der Waals surface area contributed by atoms with Crippen LogP contribution in [0.25, 0.3) is 11.5 Å². The molecule has 22 heavy (non-hydrogen) atoms. The first-order chi connectivity index (χ1) is 10.1. The van der Waals surface area contributed by atoms with E-state index in [4.69, 9.17) is 0 Å². The van der Waals surface area contributed by atoms with Gasteiger partial charge in [0.2, 0.25) is 5.82 Å². The van der Waals surface area contributed by atoms with Crippen LogP contribution in [0.15, 0.2) is 18.3 Å². The molecule has 0 atom stereocenters. The van der Waals surface area contributed by atoms with Crippen LogP contribution in [0.4, 0.5) is 13.2 Å². The summed E-state index contributed by atoms with van der Waals surface area (Å²) >= 11 is 0. The highest BCUT2D eigenvalue weighted by molar-refractivity contribution is 5.85. The summed E-state index contributed by atoms with van der Waals surface area (Å²) < 4.78 is 39.2. The molecular weight excluding hydrogens is 301 g/mol. The van der Waals surface area contributed by atoms with Gasteiger partial charge in [-0.05, 0) is 23.1 Å². The number of carbonyl (C=O) groups excluding carboxylic acids is 1. The fraction of sp³-hybridized carbons (Fsp3) is 0.385. The highest BCUT2D eigenvalue weighted by atomic mass is 19.4. The Morgan fingerprint density at radius 3 is 2.55 bits per heavy atom. The molecule has 0 spiro atoms. The van der Waals surface area contributed by atoms with Crippen molar-refractivity contribution in [2.75, 3.05) is 0 Å². The second-order valence-electron chi connectivity index (χ2n) is 5.52. The Hall–Kier alpha value is -2.45. The van der Waals surface area contributed by atoms with Crippen LogP contribution in [0.5, 0.6) is 0 Å². The molecule has 0 bridgehead atoms. The topological polar surface area (TPSA) is 80.8 Å². The molecular formula is C13H13F3N4O2. The van der Waals surface area contributed by atoms with Crippen molar-refractivity contribution in [1.82, 2.24) is 20.2 Å². The normalized spacial score (nSPS) is 12.3. The molecule has 2 aromatic rings. The van der Waals surface area contributed by atoms with E-state index in [1.807, 2.05) is 26.8 Å². The van der Waals surface area contributed by atoms with Crippen LogP contribution in [0.3, 0.4) is 0 Å². The molecule has 6 nitrogen and oxygen atoms in total. The third kappa shape index (κ3) is 3.80. The van der Waals surface area contributed by atoms with Gasteiger partial charge in [0.05, 0.1) is 0 Å². The lowest BCUT2D eigenvalue weighted by Gasteiger charge is -2.18. The smallest absolute Gasteiger partial charge is 0.367 e. The van der Waals surface area contributed by atoms with E-state index in [9.17, 15) is 18.0 Å². The molecule has 2 aromatic heterocycles. The van der Waals surface area contributed by atoms with Crippen LogP contribution in [-0.4, -0.2) is 32.5 Å². The van der Waals surface area contributed by atoms with E-state index >= 15 is 0 Å². The average Bonchev–Trinajstić information content (AvgIpc) is 2.85. The van der Waals surface area contributed by atoms with Crippen molar-refractivity contribution in [3.63, 3.8) is 0 Å². The zero-order valence-corrected chi connectivity index (χ0v) is 12.0. The first-order valence-electron chi connectivity index (χ1n) is 6.25. The van der Waals surface area contributed by atoms with E-state index in [1.165, 1.54) is 0 Å². The van der Waals surface area contributed by atoms with Crippen molar-refractivity contribution >= 4 is 5.97 Å². The highest BCUT2D eigenvalue weighted by Crippen LogP contribution is 2.25. The monoisotopic (exact) mass is 314 g/mol. The molecule has 2 rings (SSSR count). The third-order valence-corrected chi connectivity index (χ3v) is 2.74. The molecule has 0 aliphatic rings. The zero-order chi connectivity index (χ0) is 16.5. The quantitative estimate of drug-likeness (QED) is 0.862. The van der Waals surface area contributed by atoms with E-state index in [-0.39, 0.29) is 11.2 Å². The largest absolute Gasteiger partial charge is 0.575 e. The first kappa shape index (κ1) is 15.9. The van der Waals surface area contributed by atoms with Gasteiger partial charge in [0.15, 0.2) is 5.82 Å². The molecule has 0 fully saturated rings. The lowest BCUT2D eigenvalue weighted by atomic mass is 9.87. The molecule has 118 valence electrons. The number of carbonyl (C=O) groups is 1. The number of nitrogens with zero attached hydrogens (tertiary/aromatic N) is 3. The van der Waals surface area contributed by atoms with Crippen LogP contribution >= 0.6 is 0 Å². The van der Waals surface area contributed by atoms with Crippen LogP contribution in [0.2, 0.25) is 0 Å². The molecule has 9 heteroatoms. The van der Waals surface area contributed by atoms with E-state index in [0.29, 0.717) is 5.69 Å². The van der Waals surface area contributed by atoms with Crippen LogP contribution in [0.1, 0.15) is 37.0 Å². The predicted octanol–water partition coefficient (Wildman–Crippen LogP) is 2.84. The van der Waals surface area contributed by atoms with E-state index in [0.717, 1.165) is 5.56 Å².